The van der Waals surface area contributed by atoms with E-state index < -0.39 is 35.6 Å². The second-order valence-electron chi connectivity index (χ2n) is 6.73. The highest BCUT2D eigenvalue weighted by molar-refractivity contribution is 5.95. The number of hydrogen-bond acceptors (Lipinski definition) is 3. The van der Waals surface area contributed by atoms with Crippen LogP contribution in [0.4, 0.5) is 19.0 Å². The molecule has 0 bridgehead atoms. The Bertz CT molecular complexity index is 1040. The lowest BCUT2D eigenvalue weighted by molar-refractivity contribution is -0.267. The van der Waals surface area contributed by atoms with Crippen molar-refractivity contribution in [3.63, 3.8) is 0 Å². The number of aromatic amines is 1. The average molecular weight is 375 g/mol. The SMILES string of the molecule is CC(c1[nH]nc2c1C(O)(C(F)(F)F)CC(=O)N2)c1cccc2ccccc12. The molecule has 3 aromatic rings. The fourth-order valence-corrected chi connectivity index (χ4v) is 3.70. The number of rotatable bonds is 2. The number of amides is 1. The molecule has 3 N–H and O–H groups in total. The summed E-state index contributed by atoms with van der Waals surface area (Å²) in [4.78, 5) is 11.7. The molecule has 2 heterocycles. The van der Waals surface area contributed by atoms with Crippen molar-refractivity contribution in [1.29, 1.82) is 0 Å². The van der Waals surface area contributed by atoms with Gasteiger partial charge in [-0.25, -0.2) is 0 Å². The first-order valence-corrected chi connectivity index (χ1v) is 8.38. The van der Waals surface area contributed by atoms with E-state index in [0.29, 0.717) is 0 Å². The zero-order valence-electron chi connectivity index (χ0n) is 14.3. The molecule has 4 rings (SSSR count). The third-order valence-corrected chi connectivity index (χ3v) is 5.07. The van der Waals surface area contributed by atoms with Crippen LogP contribution in [-0.4, -0.2) is 27.4 Å². The number of nitrogens with zero attached hydrogens (tertiary/aromatic N) is 1. The highest BCUT2D eigenvalue weighted by atomic mass is 19.4. The molecule has 0 spiro atoms. The van der Waals surface area contributed by atoms with E-state index in [4.69, 9.17) is 0 Å². The summed E-state index contributed by atoms with van der Waals surface area (Å²) in [7, 11) is 0. The standard InChI is InChI=1S/C19H16F3N3O2/c1-10(12-8-4-6-11-5-2-3-7-13(11)12)16-15-17(25-24-16)23-14(26)9-18(15,27)19(20,21)22/h2-8,10,27H,9H2,1H3,(H2,23,24,25,26). The quantitative estimate of drug-likeness (QED) is 0.637. The van der Waals surface area contributed by atoms with Crippen LogP contribution in [0, 0.1) is 0 Å². The summed E-state index contributed by atoms with van der Waals surface area (Å²) in [5.74, 6) is -1.73. The van der Waals surface area contributed by atoms with Crippen molar-refractivity contribution in [2.75, 3.05) is 5.32 Å². The van der Waals surface area contributed by atoms with Gasteiger partial charge in [-0.2, -0.15) is 18.3 Å². The van der Waals surface area contributed by atoms with Gasteiger partial charge in [-0.05, 0) is 16.3 Å². The van der Waals surface area contributed by atoms with Gasteiger partial charge in [0.1, 0.15) is 0 Å². The van der Waals surface area contributed by atoms with Gasteiger partial charge >= 0.3 is 6.18 Å². The van der Waals surface area contributed by atoms with Gasteiger partial charge in [0.05, 0.1) is 17.7 Å². The lowest BCUT2D eigenvalue weighted by Gasteiger charge is -2.34. The number of anilines is 1. The van der Waals surface area contributed by atoms with Gasteiger partial charge in [-0.1, -0.05) is 49.4 Å². The van der Waals surface area contributed by atoms with E-state index in [1.165, 1.54) is 0 Å². The van der Waals surface area contributed by atoms with Crippen LogP contribution in [0.25, 0.3) is 10.8 Å². The summed E-state index contributed by atoms with van der Waals surface area (Å²) in [6.45, 7) is 1.74. The van der Waals surface area contributed by atoms with Gasteiger partial charge in [0.15, 0.2) is 11.4 Å². The normalized spacial score (nSPS) is 21.0. The van der Waals surface area contributed by atoms with Crippen LogP contribution in [0.2, 0.25) is 0 Å². The molecule has 2 unspecified atom stereocenters. The van der Waals surface area contributed by atoms with E-state index in [1.807, 2.05) is 42.5 Å². The monoisotopic (exact) mass is 375 g/mol. The number of H-pyrrole nitrogens is 1. The summed E-state index contributed by atoms with van der Waals surface area (Å²) in [6.07, 6.45) is -6.12. The first-order valence-electron chi connectivity index (χ1n) is 8.38. The lowest BCUT2D eigenvalue weighted by atomic mass is 9.81. The molecule has 0 saturated carbocycles. The largest absolute Gasteiger partial charge is 0.422 e. The molecule has 1 aliphatic rings. The molecule has 5 nitrogen and oxygen atoms in total. The summed E-state index contributed by atoms with van der Waals surface area (Å²) in [5, 5.41) is 21.0. The smallest absolute Gasteiger partial charge is 0.376 e. The molecule has 0 aliphatic carbocycles. The Morgan fingerprint density at radius 1 is 1.19 bits per heavy atom. The first-order chi connectivity index (χ1) is 12.7. The molecule has 8 heteroatoms. The highest BCUT2D eigenvalue weighted by Crippen LogP contribution is 2.49. The molecule has 2 atom stereocenters. The van der Waals surface area contributed by atoms with Crippen LogP contribution in [-0.2, 0) is 10.4 Å². The van der Waals surface area contributed by atoms with Crippen molar-refractivity contribution >= 4 is 22.5 Å². The number of nitrogens with one attached hydrogen (secondary N) is 2. The van der Waals surface area contributed by atoms with Gasteiger partial charge in [-0.15, -0.1) is 0 Å². The molecule has 2 aromatic carbocycles. The topological polar surface area (TPSA) is 78.0 Å². The summed E-state index contributed by atoms with van der Waals surface area (Å²) >= 11 is 0. The van der Waals surface area contributed by atoms with Crippen LogP contribution in [0.3, 0.4) is 0 Å². The molecule has 0 radical (unpaired) electrons. The lowest BCUT2D eigenvalue weighted by Crippen LogP contribution is -2.48. The second kappa shape index (κ2) is 5.82. The third kappa shape index (κ3) is 2.59. The zero-order chi connectivity index (χ0) is 19.4. The number of aliphatic hydroxyl groups is 1. The molecule has 1 amide bonds. The van der Waals surface area contributed by atoms with Gasteiger partial charge < -0.3 is 10.4 Å². The molecule has 1 aliphatic heterocycles. The van der Waals surface area contributed by atoms with Gasteiger partial charge in [-0.3, -0.25) is 9.89 Å². The fraction of sp³-hybridized carbons (Fsp3) is 0.263. The fourth-order valence-electron chi connectivity index (χ4n) is 3.70. The number of carbonyl (C=O) groups is 1. The number of carbonyl (C=O) groups excluding carboxylic acids is 1. The minimum atomic E-state index is -5.02. The van der Waals surface area contributed by atoms with Crippen molar-refractivity contribution in [2.24, 2.45) is 0 Å². The van der Waals surface area contributed by atoms with Crippen LogP contribution in [0.1, 0.15) is 36.1 Å². The first kappa shape index (κ1) is 17.5. The van der Waals surface area contributed by atoms with E-state index in [-0.39, 0.29) is 11.5 Å². The second-order valence-corrected chi connectivity index (χ2v) is 6.73. The summed E-state index contributed by atoms with van der Waals surface area (Å²) in [5.41, 5.74) is -2.79. The third-order valence-electron chi connectivity index (χ3n) is 5.07. The molecule has 0 saturated heterocycles. The number of alkyl halides is 3. The van der Waals surface area contributed by atoms with E-state index in [9.17, 15) is 23.1 Å². The predicted molar refractivity (Wildman–Crippen MR) is 93.3 cm³/mol. The van der Waals surface area contributed by atoms with Crippen molar-refractivity contribution in [3.05, 3.63) is 59.3 Å². The maximum Gasteiger partial charge on any atom is 0.422 e. The predicted octanol–water partition coefficient (Wildman–Crippen LogP) is 3.81. The summed E-state index contributed by atoms with van der Waals surface area (Å²) < 4.78 is 41.0. The van der Waals surface area contributed by atoms with E-state index >= 15 is 0 Å². The minimum Gasteiger partial charge on any atom is -0.376 e. The van der Waals surface area contributed by atoms with Gasteiger partial charge in [0.25, 0.3) is 0 Å². The molecule has 140 valence electrons. The number of fused-ring (bicyclic) bond motifs is 2. The maximum absolute atomic E-state index is 13.7. The van der Waals surface area contributed by atoms with E-state index in [0.717, 1.165) is 16.3 Å². The average Bonchev–Trinajstić information content (AvgIpc) is 3.04. The number of aromatic nitrogens is 2. The van der Waals surface area contributed by atoms with Crippen LogP contribution in [0.15, 0.2) is 42.5 Å². The number of hydrogen-bond donors (Lipinski definition) is 3. The molecular weight excluding hydrogens is 359 g/mol. The Hall–Kier alpha value is -2.87. The number of benzene rings is 2. The molecule has 27 heavy (non-hydrogen) atoms. The van der Waals surface area contributed by atoms with Gasteiger partial charge in [0, 0.05) is 5.92 Å². The number of halogens is 3. The molecular formula is C19H16F3N3O2. The molecule has 0 fully saturated rings. The minimum absolute atomic E-state index is 0.126. The van der Waals surface area contributed by atoms with Crippen LogP contribution in [0.5, 0.6) is 0 Å². The van der Waals surface area contributed by atoms with Crippen molar-refractivity contribution in [1.82, 2.24) is 10.2 Å². The van der Waals surface area contributed by atoms with Gasteiger partial charge in [0.2, 0.25) is 5.91 Å². The Morgan fingerprint density at radius 3 is 2.63 bits per heavy atom. The van der Waals surface area contributed by atoms with E-state index in [1.54, 1.807) is 6.92 Å². The maximum atomic E-state index is 13.7. The van der Waals surface area contributed by atoms with Crippen molar-refractivity contribution < 1.29 is 23.1 Å². The van der Waals surface area contributed by atoms with Crippen LogP contribution >= 0.6 is 0 Å². The Balaban J connectivity index is 1.91. The highest BCUT2D eigenvalue weighted by Gasteiger charge is 2.61. The Morgan fingerprint density at radius 2 is 1.89 bits per heavy atom. The Kier molecular flexibility index (Phi) is 3.78. The summed E-state index contributed by atoms with van der Waals surface area (Å²) in [6, 6.07) is 13.1. The van der Waals surface area contributed by atoms with Crippen molar-refractivity contribution in [2.45, 2.75) is 31.0 Å². The van der Waals surface area contributed by atoms with E-state index in [2.05, 4.69) is 15.5 Å². The van der Waals surface area contributed by atoms with Crippen molar-refractivity contribution in [3.8, 4) is 0 Å². The van der Waals surface area contributed by atoms with Crippen LogP contribution < -0.4 is 5.32 Å². The molecule has 1 aromatic heterocycles. The Labute approximate surface area is 152 Å². The zero-order valence-corrected chi connectivity index (χ0v) is 14.3.